The molecule has 0 aromatic heterocycles. The SMILES string of the molecule is CC(NC1C(=O)Nc2ccccc21)c1cccc(F)c1. The zero-order valence-electron chi connectivity index (χ0n) is 11.1. The molecule has 0 aliphatic carbocycles. The highest BCUT2D eigenvalue weighted by atomic mass is 19.1. The second-order valence-corrected chi connectivity index (χ2v) is 4.95. The summed E-state index contributed by atoms with van der Waals surface area (Å²) in [7, 11) is 0. The molecule has 1 heterocycles. The number of carbonyl (C=O) groups excluding carboxylic acids is 1. The second-order valence-electron chi connectivity index (χ2n) is 4.95. The third-order valence-electron chi connectivity index (χ3n) is 3.56. The van der Waals surface area contributed by atoms with Crippen LogP contribution < -0.4 is 10.6 Å². The van der Waals surface area contributed by atoms with Crippen molar-refractivity contribution in [2.24, 2.45) is 0 Å². The van der Waals surface area contributed by atoms with Crippen LogP contribution in [0.25, 0.3) is 0 Å². The highest BCUT2D eigenvalue weighted by molar-refractivity contribution is 6.02. The number of carbonyl (C=O) groups is 1. The van der Waals surface area contributed by atoms with Crippen LogP contribution in [0.2, 0.25) is 0 Å². The lowest BCUT2D eigenvalue weighted by Crippen LogP contribution is -2.29. The Balaban J connectivity index is 1.83. The van der Waals surface area contributed by atoms with Gasteiger partial charge in [-0.25, -0.2) is 4.39 Å². The summed E-state index contributed by atoms with van der Waals surface area (Å²) in [5, 5.41) is 6.09. The van der Waals surface area contributed by atoms with Crippen molar-refractivity contribution in [3.05, 3.63) is 65.5 Å². The third kappa shape index (κ3) is 2.30. The molecule has 0 saturated carbocycles. The van der Waals surface area contributed by atoms with Crippen LogP contribution in [0.4, 0.5) is 10.1 Å². The smallest absolute Gasteiger partial charge is 0.246 e. The fourth-order valence-corrected chi connectivity index (χ4v) is 2.50. The lowest BCUT2D eigenvalue weighted by Gasteiger charge is -2.19. The predicted octanol–water partition coefficient (Wildman–Crippen LogP) is 3.17. The number of benzene rings is 2. The third-order valence-corrected chi connectivity index (χ3v) is 3.56. The van der Waals surface area contributed by atoms with Gasteiger partial charge in [0.15, 0.2) is 0 Å². The molecule has 102 valence electrons. The van der Waals surface area contributed by atoms with E-state index in [2.05, 4.69) is 10.6 Å². The molecule has 20 heavy (non-hydrogen) atoms. The lowest BCUT2D eigenvalue weighted by molar-refractivity contribution is -0.117. The van der Waals surface area contributed by atoms with E-state index >= 15 is 0 Å². The van der Waals surface area contributed by atoms with Crippen molar-refractivity contribution >= 4 is 11.6 Å². The number of anilines is 1. The van der Waals surface area contributed by atoms with Gasteiger partial charge in [-0.2, -0.15) is 0 Å². The van der Waals surface area contributed by atoms with E-state index in [1.54, 1.807) is 6.07 Å². The Kier molecular flexibility index (Phi) is 3.24. The Hall–Kier alpha value is -2.20. The summed E-state index contributed by atoms with van der Waals surface area (Å²) in [6, 6.07) is 13.5. The molecule has 2 atom stereocenters. The van der Waals surface area contributed by atoms with Gasteiger partial charge in [-0.05, 0) is 30.7 Å². The molecular weight excluding hydrogens is 255 g/mol. The number of hydrogen-bond acceptors (Lipinski definition) is 2. The number of fused-ring (bicyclic) bond motifs is 1. The molecule has 4 heteroatoms. The Bertz CT molecular complexity index is 656. The second kappa shape index (κ2) is 5.06. The van der Waals surface area contributed by atoms with Crippen LogP contribution in [0.5, 0.6) is 0 Å². The standard InChI is InChI=1S/C16H15FN2O/c1-10(11-5-4-6-12(17)9-11)18-15-13-7-2-3-8-14(13)19-16(15)20/h2-10,15,18H,1H3,(H,19,20). The van der Waals surface area contributed by atoms with Gasteiger partial charge in [0.05, 0.1) is 0 Å². The highest BCUT2D eigenvalue weighted by Gasteiger charge is 2.31. The summed E-state index contributed by atoms with van der Waals surface area (Å²) in [6.07, 6.45) is 0. The first-order valence-electron chi connectivity index (χ1n) is 6.56. The number of nitrogens with one attached hydrogen (secondary N) is 2. The monoisotopic (exact) mass is 270 g/mol. The van der Waals surface area contributed by atoms with Gasteiger partial charge in [-0.1, -0.05) is 30.3 Å². The maximum Gasteiger partial charge on any atom is 0.246 e. The van der Waals surface area contributed by atoms with Crippen LogP contribution in [-0.4, -0.2) is 5.91 Å². The fourth-order valence-electron chi connectivity index (χ4n) is 2.50. The van der Waals surface area contributed by atoms with Crippen LogP contribution in [0.1, 0.15) is 30.1 Å². The van der Waals surface area contributed by atoms with Gasteiger partial charge in [0, 0.05) is 17.3 Å². The van der Waals surface area contributed by atoms with Crippen molar-refractivity contribution in [1.29, 1.82) is 0 Å². The van der Waals surface area contributed by atoms with Gasteiger partial charge < -0.3 is 5.32 Å². The first kappa shape index (κ1) is 12.8. The molecule has 2 N–H and O–H groups in total. The van der Waals surface area contributed by atoms with Gasteiger partial charge in [0.1, 0.15) is 11.9 Å². The van der Waals surface area contributed by atoms with E-state index in [1.165, 1.54) is 12.1 Å². The Labute approximate surface area is 116 Å². The average Bonchev–Trinajstić information content (AvgIpc) is 2.75. The normalized spacial score (nSPS) is 18.5. The van der Waals surface area contributed by atoms with Gasteiger partial charge in [-0.15, -0.1) is 0 Å². The first-order valence-corrected chi connectivity index (χ1v) is 6.56. The molecule has 3 rings (SSSR count). The van der Waals surface area contributed by atoms with Crippen LogP contribution in [0.3, 0.4) is 0 Å². The number of hydrogen-bond donors (Lipinski definition) is 2. The maximum atomic E-state index is 13.2. The molecule has 1 aliphatic rings. The van der Waals surface area contributed by atoms with Gasteiger partial charge in [0.25, 0.3) is 0 Å². The molecule has 0 saturated heterocycles. The number of para-hydroxylation sites is 1. The summed E-state index contributed by atoms with van der Waals surface area (Å²) >= 11 is 0. The van der Waals surface area contributed by atoms with E-state index in [0.717, 1.165) is 16.8 Å². The number of rotatable bonds is 3. The summed E-state index contributed by atoms with van der Waals surface area (Å²) in [4.78, 5) is 12.0. The van der Waals surface area contributed by atoms with E-state index in [-0.39, 0.29) is 17.8 Å². The molecule has 2 unspecified atom stereocenters. The van der Waals surface area contributed by atoms with E-state index in [0.29, 0.717) is 0 Å². The van der Waals surface area contributed by atoms with Crippen LogP contribution in [0.15, 0.2) is 48.5 Å². The molecule has 0 radical (unpaired) electrons. The molecule has 2 aromatic rings. The minimum atomic E-state index is -0.399. The fraction of sp³-hybridized carbons (Fsp3) is 0.188. The van der Waals surface area contributed by atoms with Crippen molar-refractivity contribution < 1.29 is 9.18 Å². The molecule has 0 bridgehead atoms. The molecule has 0 fully saturated rings. The van der Waals surface area contributed by atoms with Crippen LogP contribution in [-0.2, 0) is 4.79 Å². The number of amides is 1. The highest BCUT2D eigenvalue weighted by Crippen LogP contribution is 2.32. The molecular formula is C16H15FN2O. The summed E-state index contributed by atoms with van der Waals surface area (Å²) in [5.41, 5.74) is 2.59. The van der Waals surface area contributed by atoms with E-state index in [9.17, 15) is 9.18 Å². The lowest BCUT2D eigenvalue weighted by atomic mass is 10.0. The summed E-state index contributed by atoms with van der Waals surface area (Å²) in [5.74, 6) is -0.345. The quantitative estimate of drug-likeness (QED) is 0.899. The van der Waals surface area contributed by atoms with E-state index in [1.807, 2.05) is 37.3 Å². The minimum absolute atomic E-state index is 0.0746. The zero-order valence-corrected chi connectivity index (χ0v) is 11.1. The molecule has 0 spiro atoms. The Morgan fingerprint density at radius 3 is 2.80 bits per heavy atom. The maximum absolute atomic E-state index is 13.2. The molecule has 3 nitrogen and oxygen atoms in total. The van der Waals surface area contributed by atoms with Crippen LogP contribution in [0, 0.1) is 5.82 Å². The van der Waals surface area contributed by atoms with Gasteiger partial charge >= 0.3 is 0 Å². The largest absolute Gasteiger partial charge is 0.324 e. The zero-order chi connectivity index (χ0) is 14.1. The summed E-state index contributed by atoms with van der Waals surface area (Å²) < 4.78 is 13.2. The topological polar surface area (TPSA) is 41.1 Å². The number of halogens is 1. The van der Waals surface area contributed by atoms with Crippen molar-refractivity contribution in [2.45, 2.75) is 19.0 Å². The van der Waals surface area contributed by atoms with Crippen molar-refractivity contribution in [3.8, 4) is 0 Å². The predicted molar refractivity (Wildman–Crippen MR) is 75.8 cm³/mol. The molecule has 1 aliphatic heterocycles. The van der Waals surface area contributed by atoms with Crippen molar-refractivity contribution in [1.82, 2.24) is 5.32 Å². The van der Waals surface area contributed by atoms with E-state index < -0.39 is 6.04 Å². The summed E-state index contributed by atoms with van der Waals surface area (Å²) in [6.45, 7) is 1.92. The molecule has 1 amide bonds. The van der Waals surface area contributed by atoms with E-state index in [4.69, 9.17) is 0 Å². The Morgan fingerprint density at radius 1 is 1.20 bits per heavy atom. The van der Waals surface area contributed by atoms with Gasteiger partial charge in [-0.3, -0.25) is 10.1 Å². The molecule has 2 aromatic carbocycles. The van der Waals surface area contributed by atoms with Crippen molar-refractivity contribution in [3.63, 3.8) is 0 Å². The van der Waals surface area contributed by atoms with Crippen molar-refractivity contribution in [2.75, 3.05) is 5.32 Å². The average molecular weight is 270 g/mol. The Morgan fingerprint density at radius 2 is 2.00 bits per heavy atom. The minimum Gasteiger partial charge on any atom is -0.324 e. The first-order chi connectivity index (χ1) is 9.65. The van der Waals surface area contributed by atoms with Gasteiger partial charge in [0.2, 0.25) is 5.91 Å². The van der Waals surface area contributed by atoms with Crippen LogP contribution >= 0.6 is 0 Å².